The van der Waals surface area contributed by atoms with Crippen LogP contribution in [0.25, 0.3) is 0 Å². The van der Waals surface area contributed by atoms with Crippen molar-refractivity contribution >= 4 is 40.6 Å². The highest BCUT2D eigenvalue weighted by Crippen LogP contribution is 2.42. The minimum atomic E-state index is -4.58. The first-order valence-corrected chi connectivity index (χ1v) is 10.8. The normalized spacial score (nSPS) is 20.9. The highest BCUT2D eigenvalue weighted by molar-refractivity contribution is 6.42. The predicted octanol–water partition coefficient (Wildman–Crippen LogP) is 6.34. The molecule has 170 valence electrons. The van der Waals surface area contributed by atoms with Crippen molar-refractivity contribution in [2.24, 2.45) is 5.92 Å². The second-order valence-electron chi connectivity index (χ2n) is 7.89. The summed E-state index contributed by atoms with van der Waals surface area (Å²) in [6.07, 6.45) is -1.82. The number of amides is 1. The molecule has 1 aliphatic carbocycles. The number of rotatable bonds is 6. The van der Waals surface area contributed by atoms with Crippen LogP contribution in [0.1, 0.15) is 37.7 Å². The van der Waals surface area contributed by atoms with Gasteiger partial charge in [0.1, 0.15) is 12.2 Å². The van der Waals surface area contributed by atoms with E-state index in [4.69, 9.17) is 23.2 Å². The van der Waals surface area contributed by atoms with Crippen LogP contribution >= 0.6 is 23.2 Å². The minimum Gasteiger partial charge on any atom is -0.368 e. The van der Waals surface area contributed by atoms with Gasteiger partial charge < -0.3 is 10.6 Å². The van der Waals surface area contributed by atoms with Crippen LogP contribution in [-0.2, 0) is 10.2 Å². The number of anilines is 2. The van der Waals surface area contributed by atoms with E-state index in [9.17, 15) is 23.2 Å². The molecule has 1 fully saturated rings. The molecule has 0 atom stereocenters. The average Bonchev–Trinajstić information content (AvgIpc) is 2.74. The molecule has 10 heteroatoms. The highest BCUT2D eigenvalue weighted by atomic mass is 35.5. The monoisotopic (exact) mass is 484 g/mol. The number of carbonyl (C=O) groups excluding carboxylic acids is 1. The molecule has 1 saturated carbocycles. The van der Waals surface area contributed by atoms with Crippen molar-refractivity contribution in [3.63, 3.8) is 0 Å². The van der Waals surface area contributed by atoms with E-state index in [0.717, 1.165) is 18.4 Å². The van der Waals surface area contributed by atoms with E-state index in [0.29, 0.717) is 35.2 Å². The van der Waals surface area contributed by atoms with Crippen LogP contribution in [0.3, 0.4) is 0 Å². The zero-order valence-electron chi connectivity index (χ0n) is 17.0. The third-order valence-corrected chi connectivity index (χ3v) is 6.38. The maximum absolute atomic E-state index is 12.4. The maximum atomic E-state index is 12.4. The zero-order valence-corrected chi connectivity index (χ0v) is 18.5. The fraction of sp³-hybridized carbons (Fsp3) is 0.409. The van der Waals surface area contributed by atoms with Crippen LogP contribution in [0.5, 0.6) is 0 Å². The first-order valence-electron chi connectivity index (χ1n) is 10.0. The Morgan fingerprint density at radius 2 is 1.94 bits per heavy atom. The van der Waals surface area contributed by atoms with Crippen molar-refractivity contribution in [3.05, 3.63) is 52.1 Å². The third-order valence-electron chi connectivity index (χ3n) is 5.65. The number of hydrogen-bond acceptors (Lipinski definition) is 4. The van der Waals surface area contributed by atoms with Crippen molar-refractivity contribution in [1.29, 1.82) is 5.26 Å². The summed E-state index contributed by atoms with van der Waals surface area (Å²) in [6.45, 7) is 0.516. The second-order valence-corrected chi connectivity index (χ2v) is 8.70. The lowest BCUT2D eigenvalue weighted by molar-refractivity contribution is -0.150. The SMILES string of the molecule is N#CC1(c2ccc(Cl)c(Cl)c2)CCC(CNc2ncccc2NC(=O)CC(F)(F)F)CC1. The van der Waals surface area contributed by atoms with Gasteiger partial charge in [0.2, 0.25) is 5.91 Å². The number of benzene rings is 1. The maximum Gasteiger partial charge on any atom is 0.397 e. The fourth-order valence-corrected chi connectivity index (χ4v) is 4.20. The van der Waals surface area contributed by atoms with Gasteiger partial charge in [0.15, 0.2) is 0 Å². The van der Waals surface area contributed by atoms with E-state index >= 15 is 0 Å². The van der Waals surface area contributed by atoms with Crippen LogP contribution in [-0.4, -0.2) is 23.6 Å². The molecule has 1 amide bonds. The van der Waals surface area contributed by atoms with Gasteiger partial charge in [0, 0.05) is 12.7 Å². The van der Waals surface area contributed by atoms with Crippen LogP contribution in [0.4, 0.5) is 24.7 Å². The average molecular weight is 485 g/mol. The number of alkyl halides is 3. The molecule has 0 aliphatic heterocycles. The van der Waals surface area contributed by atoms with Gasteiger partial charge in [-0.15, -0.1) is 0 Å². The van der Waals surface area contributed by atoms with Crippen molar-refractivity contribution in [1.82, 2.24) is 4.98 Å². The van der Waals surface area contributed by atoms with E-state index in [-0.39, 0.29) is 11.6 Å². The Labute approximate surface area is 193 Å². The summed E-state index contributed by atoms with van der Waals surface area (Å²) in [5.74, 6) is -0.601. The summed E-state index contributed by atoms with van der Waals surface area (Å²) in [7, 11) is 0. The lowest BCUT2D eigenvalue weighted by Gasteiger charge is -2.35. The summed E-state index contributed by atoms with van der Waals surface area (Å²) in [4.78, 5) is 15.8. The quantitative estimate of drug-likeness (QED) is 0.501. The van der Waals surface area contributed by atoms with Crippen LogP contribution in [0, 0.1) is 17.2 Å². The molecule has 1 aromatic carbocycles. The van der Waals surface area contributed by atoms with Gasteiger partial charge in [-0.25, -0.2) is 4.98 Å². The van der Waals surface area contributed by atoms with Crippen molar-refractivity contribution in [3.8, 4) is 6.07 Å². The van der Waals surface area contributed by atoms with Gasteiger partial charge in [-0.1, -0.05) is 29.3 Å². The molecule has 2 aromatic rings. The van der Waals surface area contributed by atoms with Crippen LogP contribution in [0.15, 0.2) is 36.5 Å². The molecule has 3 rings (SSSR count). The molecular weight excluding hydrogens is 464 g/mol. The number of nitrogens with one attached hydrogen (secondary N) is 2. The van der Waals surface area contributed by atoms with Gasteiger partial charge >= 0.3 is 6.18 Å². The van der Waals surface area contributed by atoms with Gasteiger partial charge in [-0.2, -0.15) is 18.4 Å². The number of carbonyl (C=O) groups is 1. The van der Waals surface area contributed by atoms with Crippen molar-refractivity contribution in [2.45, 2.75) is 43.7 Å². The number of halogens is 5. The van der Waals surface area contributed by atoms with E-state index in [1.54, 1.807) is 12.1 Å². The topological polar surface area (TPSA) is 77.8 Å². The molecule has 0 spiro atoms. The summed E-state index contributed by atoms with van der Waals surface area (Å²) in [6, 6.07) is 10.8. The predicted molar refractivity (Wildman–Crippen MR) is 118 cm³/mol. The fourth-order valence-electron chi connectivity index (χ4n) is 3.90. The third kappa shape index (κ3) is 6.05. The molecule has 1 aliphatic rings. The summed E-state index contributed by atoms with van der Waals surface area (Å²) in [5.41, 5.74) is 0.409. The largest absolute Gasteiger partial charge is 0.397 e. The molecular formula is C22H21Cl2F3N4O. The molecule has 1 heterocycles. The van der Waals surface area contributed by atoms with E-state index in [1.165, 1.54) is 18.3 Å². The Balaban J connectivity index is 1.60. The molecule has 2 N–H and O–H groups in total. The van der Waals surface area contributed by atoms with Gasteiger partial charge in [-0.3, -0.25) is 4.79 Å². The Kier molecular flexibility index (Phi) is 7.52. The smallest absolute Gasteiger partial charge is 0.368 e. The minimum absolute atomic E-state index is 0.194. The first-order chi connectivity index (χ1) is 15.1. The first kappa shape index (κ1) is 24.1. The zero-order chi connectivity index (χ0) is 23.4. The molecule has 0 unspecified atom stereocenters. The van der Waals surface area contributed by atoms with E-state index < -0.39 is 23.9 Å². The van der Waals surface area contributed by atoms with Crippen LogP contribution < -0.4 is 10.6 Å². The number of nitrogens with zero attached hydrogens (tertiary/aromatic N) is 2. The number of nitriles is 1. The number of aromatic nitrogens is 1. The Morgan fingerprint density at radius 3 is 2.56 bits per heavy atom. The highest BCUT2D eigenvalue weighted by Gasteiger charge is 2.37. The lowest BCUT2D eigenvalue weighted by atomic mass is 9.67. The molecule has 0 radical (unpaired) electrons. The molecule has 5 nitrogen and oxygen atoms in total. The van der Waals surface area contributed by atoms with Crippen LogP contribution in [0.2, 0.25) is 10.0 Å². The molecule has 1 aromatic heterocycles. The van der Waals surface area contributed by atoms with Crippen molar-refractivity contribution in [2.75, 3.05) is 17.2 Å². The van der Waals surface area contributed by atoms with E-state index in [1.807, 2.05) is 6.07 Å². The van der Waals surface area contributed by atoms with Gasteiger partial charge in [0.25, 0.3) is 0 Å². The van der Waals surface area contributed by atoms with Crippen molar-refractivity contribution < 1.29 is 18.0 Å². The number of pyridine rings is 1. The van der Waals surface area contributed by atoms with E-state index in [2.05, 4.69) is 21.7 Å². The van der Waals surface area contributed by atoms with Gasteiger partial charge in [0.05, 0.1) is 27.2 Å². The Bertz CT molecular complexity index is 1010. The molecule has 0 saturated heterocycles. The van der Waals surface area contributed by atoms with Gasteiger partial charge in [-0.05, 0) is 61.4 Å². The molecule has 0 bridgehead atoms. The molecule has 32 heavy (non-hydrogen) atoms. The lowest BCUT2D eigenvalue weighted by Crippen LogP contribution is -2.32. The Hall–Kier alpha value is -2.50. The Morgan fingerprint density at radius 1 is 1.22 bits per heavy atom. The summed E-state index contributed by atoms with van der Waals surface area (Å²) >= 11 is 12.1. The second kappa shape index (κ2) is 9.97. The summed E-state index contributed by atoms with van der Waals surface area (Å²) < 4.78 is 37.3. The standard InChI is InChI=1S/C22H21Cl2F3N4O/c23-16-4-3-15(10-17(16)24)21(13-28)7-5-14(6-8-21)12-30-20-18(2-1-9-29-20)31-19(32)11-22(25,26)27/h1-4,9-10,14H,5-8,11-12H2,(H,29,30)(H,31,32). The number of hydrogen-bond donors (Lipinski definition) is 2. The summed E-state index contributed by atoms with van der Waals surface area (Å²) in [5, 5.41) is 16.1.